The van der Waals surface area contributed by atoms with Crippen LogP contribution in [0.3, 0.4) is 0 Å². The van der Waals surface area contributed by atoms with Gasteiger partial charge < -0.3 is 9.84 Å². The van der Waals surface area contributed by atoms with E-state index in [-0.39, 0.29) is 11.9 Å². The van der Waals surface area contributed by atoms with Gasteiger partial charge in [0.05, 0.1) is 17.6 Å². The molecule has 0 amide bonds. The molecule has 0 radical (unpaired) electrons. The molecule has 0 bridgehead atoms. The molecule has 4 rings (SSSR count). The van der Waals surface area contributed by atoms with Crippen molar-refractivity contribution in [3.63, 3.8) is 0 Å². The number of hydrogen-bond donors (Lipinski definition) is 1. The summed E-state index contributed by atoms with van der Waals surface area (Å²) in [5, 5.41) is 9.40. The molecular formula is C24H29FO3. The summed E-state index contributed by atoms with van der Waals surface area (Å²) in [5.74, 6) is -1.21. The molecule has 1 aromatic rings. The van der Waals surface area contributed by atoms with Gasteiger partial charge in [0.1, 0.15) is 5.82 Å². The number of allylic oxidation sites excluding steroid dienone is 2. The zero-order chi connectivity index (χ0) is 19.9. The smallest absolute Gasteiger partial charge is 0.314 e. The quantitative estimate of drug-likeness (QED) is 0.715. The summed E-state index contributed by atoms with van der Waals surface area (Å²) >= 11 is 0. The average molecular weight is 384 g/mol. The molecule has 150 valence electrons. The van der Waals surface area contributed by atoms with E-state index in [9.17, 15) is 14.3 Å². The molecular weight excluding hydrogens is 355 g/mol. The van der Waals surface area contributed by atoms with Crippen LogP contribution in [-0.4, -0.2) is 23.3 Å². The van der Waals surface area contributed by atoms with Crippen LogP contribution in [0.1, 0.15) is 69.9 Å². The second-order valence-corrected chi connectivity index (χ2v) is 9.37. The molecule has 28 heavy (non-hydrogen) atoms. The van der Waals surface area contributed by atoms with Crippen molar-refractivity contribution >= 4 is 11.5 Å². The maximum atomic E-state index is 14.7. The van der Waals surface area contributed by atoms with Crippen molar-refractivity contribution in [3.8, 4) is 0 Å². The summed E-state index contributed by atoms with van der Waals surface area (Å²) < 4.78 is 20.9. The number of carbonyl (C=O) groups is 1. The second-order valence-electron chi connectivity index (χ2n) is 9.37. The van der Waals surface area contributed by atoms with Gasteiger partial charge in [0.15, 0.2) is 0 Å². The van der Waals surface area contributed by atoms with Crippen molar-refractivity contribution < 1.29 is 19.0 Å². The zero-order valence-corrected chi connectivity index (χ0v) is 16.7. The van der Waals surface area contributed by atoms with E-state index in [4.69, 9.17) is 4.74 Å². The number of ether oxygens (including phenoxy) is 1. The Morgan fingerprint density at radius 2 is 1.89 bits per heavy atom. The van der Waals surface area contributed by atoms with Gasteiger partial charge in [-0.3, -0.25) is 4.79 Å². The Balaban J connectivity index is 1.39. The third kappa shape index (κ3) is 3.80. The van der Waals surface area contributed by atoms with Crippen LogP contribution >= 0.6 is 0 Å². The lowest BCUT2D eigenvalue weighted by Crippen LogP contribution is -2.29. The second kappa shape index (κ2) is 7.14. The fourth-order valence-electron chi connectivity index (χ4n) is 4.46. The molecule has 1 atom stereocenters. The zero-order valence-electron chi connectivity index (χ0n) is 16.7. The van der Waals surface area contributed by atoms with Crippen LogP contribution in [0.4, 0.5) is 4.39 Å². The minimum absolute atomic E-state index is 0.0547. The first-order valence-electron chi connectivity index (χ1n) is 10.4. The predicted octanol–water partition coefficient (Wildman–Crippen LogP) is 5.64. The van der Waals surface area contributed by atoms with Crippen molar-refractivity contribution in [1.82, 2.24) is 0 Å². The Morgan fingerprint density at radius 1 is 1.18 bits per heavy atom. The number of benzene rings is 1. The number of halogens is 1. The van der Waals surface area contributed by atoms with Crippen molar-refractivity contribution in [2.75, 3.05) is 0 Å². The fourth-order valence-corrected chi connectivity index (χ4v) is 4.46. The molecule has 0 saturated heterocycles. The summed E-state index contributed by atoms with van der Waals surface area (Å²) in [5.41, 5.74) is 1.50. The Morgan fingerprint density at radius 3 is 2.43 bits per heavy atom. The lowest BCUT2D eigenvalue weighted by molar-refractivity contribution is -0.140. The molecule has 2 fully saturated rings. The lowest BCUT2D eigenvalue weighted by atomic mass is 9.76. The van der Waals surface area contributed by atoms with Crippen molar-refractivity contribution in [3.05, 3.63) is 53.4 Å². The minimum atomic E-state index is -0.871. The van der Waals surface area contributed by atoms with Gasteiger partial charge in [-0.15, -0.1) is 0 Å². The van der Waals surface area contributed by atoms with E-state index in [0.717, 1.165) is 24.8 Å². The average Bonchev–Trinajstić information content (AvgIpc) is 3.46. The van der Waals surface area contributed by atoms with E-state index in [0.29, 0.717) is 35.5 Å². The largest absolute Gasteiger partial charge is 0.481 e. The van der Waals surface area contributed by atoms with Crippen molar-refractivity contribution in [2.45, 2.75) is 76.4 Å². The van der Waals surface area contributed by atoms with Gasteiger partial charge in [0.25, 0.3) is 0 Å². The number of hydrogen-bond acceptors (Lipinski definition) is 2. The van der Waals surface area contributed by atoms with Crippen molar-refractivity contribution in [2.24, 2.45) is 5.41 Å². The van der Waals surface area contributed by atoms with Crippen LogP contribution in [0.5, 0.6) is 0 Å². The lowest BCUT2D eigenvalue weighted by Gasteiger charge is -2.35. The van der Waals surface area contributed by atoms with E-state index in [1.54, 1.807) is 12.1 Å². The Labute approximate surface area is 166 Å². The highest BCUT2D eigenvalue weighted by molar-refractivity contribution is 5.85. The first-order chi connectivity index (χ1) is 13.3. The van der Waals surface area contributed by atoms with Crippen LogP contribution in [0, 0.1) is 11.2 Å². The topological polar surface area (TPSA) is 46.5 Å². The Kier molecular flexibility index (Phi) is 4.95. The van der Waals surface area contributed by atoms with E-state index in [1.807, 2.05) is 18.2 Å². The first-order valence-corrected chi connectivity index (χ1v) is 10.4. The van der Waals surface area contributed by atoms with E-state index < -0.39 is 11.4 Å². The maximum absolute atomic E-state index is 14.7. The summed E-state index contributed by atoms with van der Waals surface area (Å²) in [6.45, 7) is 4.64. The van der Waals surface area contributed by atoms with Gasteiger partial charge in [-0.2, -0.15) is 0 Å². The molecule has 1 aromatic carbocycles. The van der Waals surface area contributed by atoms with Crippen LogP contribution < -0.4 is 0 Å². The van der Waals surface area contributed by atoms with Gasteiger partial charge in [0, 0.05) is 5.56 Å². The van der Waals surface area contributed by atoms with Gasteiger partial charge in [-0.05, 0) is 67.6 Å². The van der Waals surface area contributed by atoms with Crippen LogP contribution in [0.15, 0.2) is 36.4 Å². The maximum Gasteiger partial charge on any atom is 0.314 e. The molecule has 1 N–H and O–H groups in total. The minimum Gasteiger partial charge on any atom is -0.481 e. The molecule has 3 aliphatic carbocycles. The third-order valence-corrected chi connectivity index (χ3v) is 6.71. The Hall–Kier alpha value is -1.94. The number of rotatable bonds is 5. The summed E-state index contributed by atoms with van der Waals surface area (Å²) in [4.78, 5) is 11.5. The van der Waals surface area contributed by atoms with Crippen molar-refractivity contribution in [1.29, 1.82) is 0 Å². The Bertz CT molecular complexity index is 822. The molecule has 0 spiro atoms. The van der Waals surface area contributed by atoms with Gasteiger partial charge in [0.2, 0.25) is 0 Å². The highest BCUT2D eigenvalue weighted by Gasteiger charge is 2.51. The van der Waals surface area contributed by atoms with E-state index >= 15 is 0 Å². The molecule has 2 saturated carbocycles. The predicted molar refractivity (Wildman–Crippen MR) is 108 cm³/mol. The fraction of sp³-hybridized carbons (Fsp3) is 0.542. The van der Waals surface area contributed by atoms with Crippen LogP contribution in [0.2, 0.25) is 0 Å². The summed E-state index contributed by atoms with van der Waals surface area (Å²) in [6.07, 6.45) is 12.9. The van der Waals surface area contributed by atoms with E-state index in [2.05, 4.69) is 13.8 Å². The standard InChI is InChI=1S/C24H29FO3/c1-23(2)11-9-19(10-12-23)28-18-6-3-16(4-7-18)20-8-5-17(15-21(20)25)24(13-14-24)22(26)27/h3-6,8,15,18-19H,7,9-14H2,1-2H3,(H,26,27). The number of carboxylic acids is 1. The highest BCUT2D eigenvalue weighted by atomic mass is 19.1. The normalized spacial score (nSPS) is 26.0. The highest BCUT2D eigenvalue weighted by Crippen LogP contribution is 2.49. The molecule has 0 heterocycles. The molecule has 0 aromatic heterocycles. The third-order valence-electron chi connectivity index (χ3n) is 6.71. The van der Waals surface area contributed by atoms with Crippen LogP contribution in [0.25, 0.3) is 5.57 Å². The van der Waals surface area contributed by atoms with Gasteiger partial charge >= 0.3 is 5.97 Å². The first kappa shape index (κ1) is 19.4. The molecule has 4 heteroatoms. The molecule has 0 aliphatic heterocycles. The number of aliphatic carboxylic acids is 1. The molecule has 1 unspecified atom stereocenters. The number of carboxylic acid groups (broad SMARTS) is 1. The SMILES string of the molecule is CC1(C)CCC(OC2C=CC(c3ccc(C4(C(=O)O)CC4)cc3F)=CC2)CC1. The summed E-state index contributed by atoms with van der Waals surface area (Å²) in [6, 6.07) is 4.88. The monoisotopic (exact) mass is 384 g/mol. The van der Waals surface area contributed by atoms with E-state index in [1.165, 1.54) is 18.9 Å². The van der Waals surface area contributed by atoms with Crippen LogP contribution in [-0.2, 0) is 14.9 Å². The van der Waals surface area contributed by atoms with Gasteiger partial charge in [-0.25, -0.2) is 4.39 Å². The summed E-state index contributed by atoms with van der Waals surface area (Å²) in [7, 11) is 0. The molecule has 3 aliphatic rings. The molecule has 3 nitrogen and oxygen atoms in total. The van der Waals surface area contributed by atoms with Gasteiger partial charge in [-0.1, -0.05) is 44.2 Å².